The number of para-hydroxylation sites is 2. The normalized spacial score (nSPS) is 10.3. The Morgan fingerprint density at radius 2 is 1.70 bits per heavy atom. The van der Waals surface area contributed by atoms with E-state index in [1.54, 1.807) is 23.1 Å². The van der Waals surface area contributed by atoms with Crippen LogP contribution in [0.4, 0.5) is 5.69 Å². The Morgan fingerprint density at radius 1 is 1.09 bits per heavy atom. The second kappa shape index (κ2) is 7.74. The van der Waals surface area contributed by atoms with Crippen LogP contribution in [0.15, 0.2) is 54.6 Å². The highest BCUT2D eigenvalue weighted by atomic mass is 32.1. The van der Waals surface area contributed by atoms with Crippen molar-refractivity contribution in [2.24, 2.45) is 0 Å². The maximum atomic E-state index is 12.5. The largest absolute Gasteiger partial charge is 0.490 e. The first-order valence-corrected chi connectivity index (χ1v) is 7.79. The number of hydrogen-bond donors (Lipinski definition) is 1. The van der Waals surface area contributed by atoms with Crippen LogP contribution < -0.4 is 15.0 Å². The fourth-order valence-electron chi connectivity index (χ4n) is 2.03. The molecular formula is C18H20N2O2S. The van der Waals surface area contributed by atoms with Gasteiger partial charge in [0.05, 0.1) is 11.7 Å². The van der Waals surface area contributed by atoms with Gasteiger partial charge in [-0.2, -0.15) is 0 Å². The Labute approximate surface area is 142 Å². The van der Waals surface area contributed by atoms with E-state index >= 15 is 0 Å². The molecular weight excluding hydrogens is 308 g/mol. The third kappa shape index (κ3) is 4.53. The van der Waals surface area contributed by atoms with Crippen molar-refractivity contribution in [2.45, 2.75) is 20.0 Å². The summed E-state index contributed by atoms with van der Waals surface area (Å²) in [6, 6.07) is 16.7. The number of hydrogen-bond acceptors (Lipinski definition) is 3. The average molecular weight is 328 g/mol. The summed E-state index contributed by atoms with van der Waals surface area (Å²) in [5.41, 5.74) is 1.37. The summed E-state index contributed by atoms with van der Waals surface area (Å²) in [6.07, 6.45) is -0.0112. The van der Waals surface area contributed by atoms with Gasteiger partial charge in [-0.3, -0.25) is 10.1 Å². The van der Waals surface area contributed by atoms with Crippen molar-refractivity contribution >= 4 is 28.9 Å². The highest BCUT2D eigenvalue weighted by molar-refractivity contribution is 7.80. The molecule has 0 saturated carbocycles. The van der Waals surface area contributed by atoms with Crippen LogP contribution in [0.1, 0.15) is 24.2 Å². The molecule has 0 heterocycles. The Balaban J connectivity index is 2.11. The fraction of sp³-hybridized carbons (Fsp3) is 0.222. The van der Waals surface area contributed by atoms with Gasteiger partial charge in [0.1, 0.15) is 5.75 Å². The van der Waals surface area contributed by atoms with Gasteiger partial charge in [-0.15, -0.1) is 0 Å². The van der Waals surface area contributed by atoms with E-state index in [9.17, 15) is 4.79 Å². The van der Waals surface area contributed by atoms with E-state index in [-0.39, 0.29) is 12.0 Å². The van der Waals surface area contributed by atoms with E-state index in [1.807, 2.05) is 57.3 Å². The molecule has 0 spiro atoms. The Hall–Kier alpha value is -2.40. The summed E-state index contributed by atoms with van der Waals surface area (Å²) in [7, 11) is 1.81. The summed E-state index contributed by atoms with van der Waals surface area (Å²) in [5.74, 6) is 0.263. The molecule has 0 bridgehead atoms. The fourth-order valence-corrected chi connectivity index (χ4v) is 2.23. The molecule has 0 atom stereocenters. The van der Waals surface area contributed by atoms with Crippen LogP contribution in [-0.4, -0.2) is 24.2 Å². The second-order valence-electron chi connectivity index (χ2n) is 5.32. The minimum absolute atomic E-state index is 0.0112. The molecule has 0 saturated heterocycles. The monoisotopic (exact) mass is 328 g/mol. The van der Waals surface area contributed by atoms with E-state index in [1.165, 1.54) is 0 Å². The van der Waals surface area contributed by atoms with Crippen molar-refractivity contribution in [3.8, 4) is 5.75 Å². The van der Waals surface area contributed by atoms with Crippen molar-refractivity contribution in [3.63, 3.8) is 0 Å². The number of nitrogens with one attached hydrogen (secondary N) is 1. The highest BCUT2D eigenvalue weighted by Crippen LogP contribution is 2.19. The van der Waals surface area contributed by atoms with Gasteiger partial charge in [0.2, 0.25) is 0 Å². The first kappa shape index (κ1) is 17.0. The van der Waals surface area contributed by atoms with Crippen LogP contribution in [0.2, 0.25) is 0 Å². The van der Waals surface area contributed by atoms with Gasteiger partial charge >= 0.3 is 0 Å². The van der Waals surface area contributed by atoms with E-state index in [0.29, 0.717) is 16.4 Å². The minimum Gasteiger partial charge on any atom is -0.490 e. The van der Waals surface area contributed by atoms with Crippen LogP contribution >= 0.6 is 12.2 Å². The zero-order valence-corrected chi connectivity index (χ0v) is 14.3. The lowest BCUT2D eigenvalue weighted by Gasteiger charge is -2.21. The average Bonchev–Trinajstić information content (AvgIpc) is 2.54. The van der Waals surface area contributed by atoms with Gasteiger partial charge in [-0.1, -0.05) is 30.3 Å². The predicted molar refractivity (Wildman–Crippen MR) is 97.1 cm³/mol. The molecule has 23 heavy (non-hydrogen) atoms. The van der Waals surface area contributed by atoms with Gasteiger partial charge in [0, 0.05) is 12.7 Å². The third-order valence-electron chi connectivity index (χ3n) is 3.16. The van der Waals surface area contributed by atoms with Crippen LogP contribution in [0.3, 0.4) is 0 Å². The third-order valence-corrected chi connectivity index (χ3v) is 3.54. The first-order valence-electron chi connectivity index (χ1n) is 7.39. The lowest BCUT2D eigenvalue weighted by atomic mass is 10.2. The SMILES string of the molecule is CC(C)Oc1ccccc1C(=O)NC(=S)N(C)c1ccccc1. The number of rotatable bonds is 4. The molecule has 0 aliphatic rings. The number of benzene rings is 2. The topological polar surface area (TPSA) is 41.6 Å². The zero-order valence-electron chi connectivity index (χ0n) is 13.4. The van der Waals surface area contributed by atoms with Gasteiger partial charge < -0.3 is 9.64 Å². The molecule has 4 nitrogen and oxygen atoms in total. The van der Waals surface area contributed by atoms with Crippen LogP contribution in [0.5, 0.6) is 5.75 Å². The molecule has 0 aliphatic carbocycles. The summed E-state index contributed by atoms with van der Waals surface area (Å²) in [5, 5.41) is 3.08. The molecule has 0 aromatic heterocycles. The summed E-state index contributed by atoms with van der Waals surface area (Å²) in [6.45, 7) is 3.84. The lowest BCUT2D eigenvalue weighted by molar-refractivity contribution is 0.0971. The number of ether oxygens (including phenoxy) is 1. The Morgan fingerprint density at radius 3 is 2.35 bits per heavy atom. The number of carbonyl (C=O) groups excluding carboxylic acids is 1. The summed E-state index contributed by atoms with van der Waals surface area (Å²) >= 11 is 5.32. The van der Waals surface area contributed by atoms with Gasteiger partial charge in [-0.05, 0) is 50.3 Å². The number of anilines is 1. The van der Waals surface area contributed by atoms with Gasteiger partial charge in [0.15, 0.2) is 5.11 Å². The smallest absolute Gasteiger partial charge is 0.261 e. The quantitative estimate of drug-likeness (QED) is 0.870. The molecule has 0 unspecified atom stereocenters. The lowest BCUT2D eigenvalue weighted by Crippen LogP contribution is -2.40. The van der Waals surface area contributed by atoms with Gasteiger partial charge in [-0.25, -0.2) is 0 Å². The molecule has 1 N–H and O–H groups in total. The van der Waals surface area contributed by atoms with Crippen LogP contribution in [0.25, 0.3) is 0 Å². The standard InChI is InChI=1S/C18H20N2O2S/c1-13(2)22-16-12-8-7-11-15(16)17(21)19-18(23)20(3)14-9-5-4-6-10-14/h4-13H,1-3H3,(H,19,21,23). The van der Waals surface area contributed by atoms with Crippen molar-refractivity contribution in [2.75, 3.05) is 11.9 Å². The van der Waals surface area contributed by atoms with Crippen molar-refractivity contribution < 1.29 is 9.53 Å². The molecule has 0 radical (unpaired) electrons. The predicted octanol–water partition coefficient (Wildman–Crippen LogP) is 3.62. The Bertz CT molecular complexity index is 686. The summed E-state index contributed by atoms with van der Waals surface area (Å²) in [4.78, 5) is 14.2. The van der Waals surface area contributed by atoms with E-state index in [2.05, 4.69) is 5.32 Å². The van der Waals surface area contributed by atoms with Crippen molar-refractivity contribution in [1.29, 1.82) is 0 Å². The number of nitrogens with zero attached hydrogens (tertiary/aromatic N) is 1. The maximum absolute atomic E-state index is 12.5. The van der Waals surface area contributed by atoms with E-state index < -0.39 is 0 Å². The van der Waals surface area contributed by atoms with E-state index in [4.69, 9.17) is 17.0 Å². The Kier molecular flexibility index (Phi) is 5.71. The first-order chi connectivity index (χ1) is 11.0. The van der Waals surface area contributed by atoms with Crippen molar-refractivity contribution in [3.05, 3.63) is 60.2 Å². The van der Waals surface area contributed by atoms with Crippen molar-refractivity contribution in [1.82, 2.24) is 5.32 Å². The number of carbonyl (C=O) groups is 1. The molecule has 2 aromatic rings. The van der Waals surface area contributed by atoms with E-state index in [0.717, 1.165) is 5.69 Å². The number of amides is 1. The minimum atomic E-state index is -0.283. The van der Waals surface area contributed by atoms with Crippen LogP contribution in [-0.2, 0) is 0 Å². The van der Waals surface area contributed by atoms with Gasteiger partial charge in [0.25, 0.3) is 5.91 Å². The second-order valence-corrected chi connectivity index (χ2v) is 5.70. The summed E-state index contributed by atoms with van der Waals surface area (Å²) < 4.78 is 5.68. The molecule has 120 valence electrons. The molecule has 5 heteroatoms. The molecule has 0 aliphatic heterocycles. The molecule has 2 aromatic carbocycles. The maximum Gasteiger partial charge on any atom is 0.261 e. The molecule has 1 amide bonds. The highest BCUT2D eigenvalue weighted by Gasteiger charge is 2.16. The zero-order chi connectivity index (χ0) is 16.8. The number of thiocarbonyl (C=S) groups is 1. The van der Waals surface area contributed by atoms with Crippen LogP contribution in [0, 0.1) is 0 Å². The molecule has 2 rings (SSSR count). The molecule has 0 fully saturated rings.